The number of carbonyl (C=O) groups is 3. The molecule has 5 nitrogen and oxygen atoms in total. The van der Waals surface area contributed by atoms with E-state index in [0.29, 0.717) is 6.54 Å². The van der Waals surface area contributed by atoms with Crippen molar-refractivity contribution in [3.63, 3.8) is 0 Å². The Hall–Kier alpha value is -1.69. The van der Waals surface area contributed by atoms with Gasteiger partial charge in [-0.1, -0.05) is 18.9 Å². The highest BCUT2D eigenvalue weighted by Gasteiger charge is 2.49. The minimum absolute atomic E-state index is 0.0768. The van der Waals surface area contributed by atoms with Gasteiger partial charge in [0.2, 0.25) is 17.7 Å². The molecular weight excluding hydrogens is 324 g/mol. The highest BCUT2D eigenvalue weighted by Crippen LogP contribution is 2.38. The van der Waals surface area contributed by atoms with Crippen molar-refractivity contribution in [3.05, 3.63) is 22.4 Å². The van der Waals surface area contributed by atoms with E-state index >= 15 is 0 Å². The summed E-state index contributed by atoms with van der Waals surface area (Å²) in [5, 5.41) is 2.00. The number of nitrogens with zero attached hydrogens (tertiary/aromatic N) is 2. The number of hydrogen-bond donors (Lipinski definition) is 0. The summed E-state index contributed by atoms with van der Waals surface area (Å²) < 4.78 is 0. The van der Waals surface area contributed by atoms with Gasteiger partial charge in [-0.15, -0.1) is 11.3 Å². The standard InChI is InChI=1S/C18H22N2O3S/c21-16(19(12-7-8-12)10-13-4-3-9-24-13)11-20-17(22)14-5-1-2-6-15(14)18(20)23/h3-4,9,12,14-15H,1-2,5-8,10-11H2/t14-,15-/m1/s1. The molecule has 3 aliphatic rings. The summed E-state index contributed by atoms with van der Waals surface area (Å²) in [6.07, 6.45) is 5.64. The molecule has 2 heterocycles. The Balaban J connectivity index is 1.46. The lowest BCUT2D eigenvalue weighted by molar-refractivity contribution is -0.147. The zero-order valence-electron chi connectivity index (χ0n) is 13.6. The number of fused-ring (bicyclic) bond motifs is 1. The van der Waals surface area contributed by atoms with Crippen LogP contribution in [0.25, 0.3) is 0 Å². The molecule has 24 heavy (non-hydrogen) atoms. The van der Waals surface area contributed by atoms with Crippen LogP contribution in [0.1, 0.15) is 43.4 Å². The maximum atomic E-state index is 12.8. The molecule has 1 saturated heterocycles. The van der Waals surface area contributed by atoms with Crippen molar-refractivity contribution in [2.24, 2.45) is 11.8 Å². The molecule has 1 aromatic rings. The van der Waals surface area contributed by atoms with Gasteiger partial charge >= 0.3 is 0 Å². The smallest absolute Gasteiger partial charge is 0.243 e. The van der Waals surface area contributed by atoms with Gasteiger partial charge in [0, 0.05) is 10.9 Å². The third-order valence-corrected chi connectivity index (χ3v) is 6.30. The van der Waals surface area contributed by atoms with E-state index in [1.54, 1.807) is 11.3 Å². The second-order valence-electron chi connectivity index (χ2n) is 7.09. The Bertz CT molecular complexity index is 629. The van der Waals surface area contributed by atoms with Gasteiger partial charge in [-0.05, 0) is 37.1 Å². The van der Waals surface area contributed by atoms with Crippen LogP contribution in [-0.2, 0) is 20.9 Å². The fraction of sp³-hybridized carbons (Fsp3) is 0.611. The number of likely N-dealkylation sites (tertiary alicyclic amines) is 1. The molecule has 1 aromatic heterocycles. The SMILES string of the molecule is O=C1[C@@H]2CCCC[C@H]2C(=O)N1CC(=O)N(Cc1cccs1)C1CC1. The van der Waals surface area contributed by atoms with Crippen LogP contribution in [0.15, 0.2) is 17.5 Å². The lowest BCUT2D eigenvalue weighted by Gasteiger charge is -2.24. The average molecular weight is 346 g/mol. The van der Waals surface area contributed by atoms with E-state index in [9.17, 15) is 14.4 Å². The van der Waals surface area contributed by atoms with E-state index in [-0.39, 0.29) is 42.1 Å². The van der Waals surface area contributed by atoms with Gasteiger partial charge in [-0.2, -0.15) is 0 Å². The molecule has 0 aromatic carbocycles. The van der Waals surface area contributed by atoms with Crippen molar-refractivity contribution < 1.29 is 14.4 Å². The zero-order valence-corrected chi connectivity index (χ0v) is 14.5. The van der Waals surface area contributed by atoms with E-state index in [4.69, 9.17) is 0 Å². The highest BCUT2D eigenvalue weighted by atomic mass is 32.1. The summed E-state index contributed by atoms with van der Waals surface area (Å²) in [6, 6.07) is 4.27. The average Bonchev–Trinajstić information content (AvgIpc) is 3.25. The van der Waals surface area contributed by atoms with Crippen LogP contribution in [0.2, 0.25) is 0 Å². The summed E-state index contributed by atoms with van der Waals surface area (Å²) >= 11 is 1.63. The quantitative estimate of drug-likeness (QED) is 0.770. The Labute approximate surface area is 145 Å². The number of hydrogen-bond acceptors (Lipinski definition) is 4. The Kier molecular flexibility index (Phi) is 4.16. The molecule has 2 saturated carbocycles. The first-order valence-electron chi connectivity index (χ1n) is 8.82. The third kappa shape index (κ3) is 2.88. The van der Waals surface area contributed by atoms with E-state index in [1.807, 2.05) is 22.4 Å². The topological polar surface area (TPSA) is 57.7 Å². The molecule has 4 rings (SSSR count). The van der Waals surface area contributed by atoms with Crippen molar-refractivity contribution in [3.8, 4) is 0 Å². The van der Waals surface area contributed by atoms with Crippen LogP contribution in [-0.4, -0.2) is 40.1 Å². The molecule has 0 bridgehead atoms. The molecular formula is C18H22N2O3S. The number of thiophene rings is 1. The lowest BCUT2D eigenvalue weighted by Crippen LogP contribution is -2.43. The number of imide groups is 1. The molecule has 1 aliphatic heterocycles. The molecule has 0 unspecified atom stereocenters. The Morgan fingerprint density at radius 2 is 1.79 bits per heavy atom. The van der Waals surface area contributed by atoms with Crippen molar-refractivity contribution >= 4 is 29.1 Å². The summed E-state index contributed by atoms with van der Waals surface area (Å²) in [5.74, 6) is -0.683. The highest BCUT2D eigenvalue weighted by molar-refractivity contribution is 7.09. The summed E-state index contributed by atoms with van der Waals surface area (Å²) in [7, 11) is 0. The van der Waals surface area contributed by atoms with Crippen LogP contribution in [0.4, 0.5) is 0 Å². The molecule has 0 radical (unpaired) electrons. The van der Waals surface area contributed by atoms with Gasteiger partial charge in [-0.3, -0.25) is 19.3 Å². The van der Waals surface area contributed by atoms with Gasteiger partial charge in [0.15, 0.2) is 0 Å². The molecule has 0 spiro atoms. The summed E-state index contributed by atoms with van der Waals surface area (Å²) in [6.45, 7) is 0.511. The Morgan fingerprint density at radius 1 is 1.12 bits per heavy atom. The van der Waals surface area contributed by atoms with Gasteiger partial charge in [0.1, 0.15) is 6.54 Å². The fourth-order valence-electron chi connectivity index (χ4n) is 3.99. The van der Waals surface area contributed by atoms with Gasteiger partial charge in [0.25, 0.3) is 0 Å². The van der Waals surface area contributed by atoms with Crippen molar-refractivity contribution in [2.45, 2.75) is 51.1 Å². The molecule has 6 heteroatoms. The molecule has 3 fully saturated rings. The Morgan fingerprint density at radius 3 is 2.33 bits per heavy atom. The van der Waals surface area contributed by atoms with E-state index in [1.165, 1.54) is 4.90 Å². The minimum atomic E-state index is -0.175. The second kappa shape index (κ2) is 6.31. The van der Waals surface area contributed by atoms with Crippen LogP contribution >= 0.6 is 11.3 Å². The molecule has 2 atom stereocenters. The molecule has 0 N–H and O–H groups in total. The predicted octanol–water partition coefficient (Wildman–Crippen LogP) is 2.41. The monoisotopic (exact) mass is 346 g/mol. The van der Waals surface area contributed by atoms with Gasteiger partial charge < -0.3 is 4.90 Å². The number of rotatable bonds is 5. The van der Waals surface area contributed by atoms with Crippen LogP contribution in [0.5, 0.6) is 0 Å². The number of carbonyl (C=O) groups excluding carboxylic acids is 3. The molecule has 128 valence electrons. The summed E-state index contributed by atoms with van der Waals surface area (Å²) in [5.41, 5.74) is 0. The van der Waals surface area contributed by atoms with E-state index < -0.39 is 0 Å². The first-order valence-corrected chi connectivity index (χ1v) is 9.70. The first kappa shape index (κ1) is 15.8. The van der Waals surface area contributed by atoms with Crippen molar-refractivity contribution in [1.82, 2.24) is 9.80 Å². The van der Waals surface area contributed by atoms with E-state index in [0.717, 1.165) is 43.4 Å². The fourth-order valence-corrected chi connectivity index (χ4v) is 4.69. The number of amides is 3. The van der Waals surface area contributed by atoms with Crippen molar-refractivity contribution in [2.75, 3.05) is 6.54 Å². The van der Waals surface area contributed by atoms with E-state index in [2.05, 4.69) is 0 Å². The van der Waals surface area contributed by atoms with Crippen LogP contribution in [0, 0.1) is 11.8 Å². The summed E-state index contributed by atoms with van der Waals surface area (Å²) in [4.78, 5) is 42.1. The van der Waals surface area contributed by atoms with Crippen LogP contribution in [0.3, 0.4) is 0 Å². The maximum absolute atomic E-state index is 12.8. The minimum Gasteiger partial charge on any atom is -0.333 e. The zero-order chi connectivity index (χ0) is 16.7. The van der Waals surface area contributed by atoms with Crippen molar-refractivity contribution in [1.29, 1.82) is 0 Å². The maximum Gasteiger partial charge on any atom is 0.243 e. The van der Waals surface area contributed by atoms with Gasteiger partial charge in [-0.25, -0.2) is 0 Å². The third-order valence-electron chi connectivity index (χ3n) is 5.44. The predicted molar refractivity (Wildman–Crippen MR) is 90.1 cm³/mol. The van der Waals surface area contributed by atoms with Crippen LogP contribution < -0.4 is 0 Å². The molecule has 3 amide bonds. The normalized spacial score (nSPS) is 26.6. The van der Waals surface area contributed by atoms with Gasteiger partial charge in [0.05, 0.1) is 18.4 Å². The largest absolute Gasteiger partial charge is 0.333 e. The second-order valence-corrected chi connectivity index (χ2v) is 8.12. The first-order chi connectivity index (χ1) is 11.6. The molecule has 2 aliphatic carbocycles. The lowest BCUT2D eigenvalue weighted by atomic mass is 9.81.